The van der Waals surface area contributed by atoms with Crippen LogP contribution >= 0.6 is 7.92 Å². The first-order valence-electron chi connectivity index (χ1n) is 21.6. The van der Waals surface area contributed by atoms with Gasteiger partial charge in [-0.25, -0.2) is 0 Å². The Balaban J connectivity index is 2.26. The molecule has 0 aliphatic carbocycles. The summed E-state index contributed by atoms with van der Waals surface area (Å²) in [5.74, 6) is -0.962. The lowest BCUT2D eigenvalue weighted by atomic mass is 9.79. The summed E-state index contributed by atoms with van der Waals surface area (Å²) in [5, 5.41) is -1.42. The minimum Gasteiger partial charge on any atom is -0.166 e. The summed E-state index contributed by atoms with van der Waals surface area (Å²) in [6.07, 6.45) is -21.6. The van der Waals surface area contributed by atoms with Crippen LogP contribution in [0.15, 0.2) is 78.9 Å². The zero-order valence-electron chi connectivity index (χ0n) is 38.5. The molecule has 352 valence electrons. The highest BCUT2D eigenvalue weighted by Crippen LogP contribution is 2.51. The zero-order valence-corrected chi connectivity index (χ0v) is 39.3. The SMILES string of the molecule is CC(C)c1cc(C(C)C)c(-c2cccc(-c3c(C(C)C)cc(C(C)C)cc3C(C)C)c2P(c2cc(C(F)(F)F)cc(C(F)(F)F)c2)c2cc(C(F)(F)F)cc(C(F)(F)F)c2)c(C(C)C)c1. The molecule has 0 atom stereocenters. The average molecular weight is 939 g/mol. The number of rotatable bonds is 11. The molecule has 0 saturated heterocycles. The van der Waals surface area contributed by atoms with Crippen LogP contribution in [-0.4, -0.2) is 0 Å². The first kappa shape index (κ1) is 51.7. The molecule has 0 nitrogen and oxygen atoms in total. The van der Waals surface area contributed by atoms with Gasteiger partial charge in [-0.2, -0.15) is 52.7 Å². The van der Waals surface area contributed by atoms with Gasteiger partial charge in [-0.15, -0.1) is 0 Å². The molecule has 0 aliphatic heterocycles. The molecule has 0 fully saturated rings. The second kappa shape index (κ2) is 18.8. The van der Waals surface area contributed by atoms with Gasteiger partial charge in [-0.05, 0) is 146 Å². The van der Waals surface area contributed by atoms with E-state index in [1.807, 2.05) is 107 Å². The molecule has 0 radical (unpaired) electrons. The van der Waals surface area contributed by atoms with Crippen LogP contribution in [-0.2, 0) is 24.7 Å². The van der Waals surface area contributed by atoms with Gasteiger partial charge in [0.2, 0.25) is 0 Å². The van der Waals surface area contributed by atoms with Crippen molar-refractivity contribution in [2.45, 2.75) is 143 Å². The summed E-state index contributed by atoms with van der Waals surface area (Å²) in [4.78, 5) is 0. The van der Waals surface area contributed by atoms with Crippen molar-refractivity contribution in [1.29, 1.82) is 0 Å². The van der Waals surface area contributed by atoms with Gasteiger partial charge >= 0.3 is 24.7 Å². The van der Waals surface area contributed by atoms with E-state index in [0.717, 1.165) is 33.4 Å². The van der Waals surface area contributed by atoms with E-state index in [-0.39, 0.29) is 64.1 Å². The molecule has 0 saturated carbocycles. The molecule has 0 aromatic heterocycles. The lowest BCUT2D eigenvalue weighted by Crippen LogP contribution is -2.29. The van der Waals surface area contributed by atoms with Gasteiger partial charge in [0.25, 0.3) is 0 Å². The monoisotopic (exact) mass is 938 g/mol. The Morgan fingerprint density at radius 3 is 0.785 bits per heavy atom. The molecule has 5 aromatic carbocycles. The van der Waals surface area contributed by atoms with Crippen LogP contribution in [0, 0.1) is 0 Å². The van der Waals surface area contributed by atoms with E-state index in [1.165, 1.54) is 0 Å². The van der Waals surface area contributed by atoms with E-state index in [1.54, 1.807) is 18.2 Å². The van der Waals surface area contributed by atoms with Gasteiger partial charge in [-0.3, -0.25) is 0 Å². The van der Waals surface area contributed by atoms with E-state index in [0.29, 0.717) is 35.4 Å². The Morgan fingerprint density at radius 2 is 0.585 bits per heavy atom. The van der Waals surface area contributed by atoms with E-state index >= 15 is 0 Å². The van der Waals surface area contributed by atoms with E-state index in [2.05, 4.69) is 0 Å². The minimum absolute atomic E-state index is 0.0143. The lowest BCUT2D eigenvalue weighted by molar-refractivity contribution is -0.144. The summed E-state index contributed by atoms with van der Waals surface area (Å²) >= 11 is 0. The quantitative estimate of drug-likeness (QED) is 0.0914. The second-order valence-corrected chi connectivity index (χ2v) is 20.8. The average Bonchev–Trinajstić information content (AvgIpc) is 3.18. The van der Waals surface area contributed by atoms with Crippen molar-refractivity contribution in [3.63, 3.8) is 0 Å². The molecule has 0 heterocycles. The number of halogens is 12. The summed E-state index contributed by atoms with van der Waals surface area (Å²) in [6.45, 7) is 23.3. The van der Waals surface area contributed by atoms with E-state index < -0.39 is 65.5 Å². The minimum atomic E-state index is -5.39. The molecular formula is C52H55F12P. The summed E-state index contributed by atoms with van der Waals surface area (Å²) in [5.41, 5.74) is -0.460. The van der Waals surface area contributed by atoms with Crippen LogP contribution < -0.4 is 15.9 Å². The number of hydrogen-bond donors (Lipinski definition) is 0. The first-order chi connectivity index (χ1) is 29.7. The third kappa shape index (κ3) is 11.1. The molecule has 0 spiro atoms. The van der Waals surface area contributed by atoms with Crippen LogP contribution in [0.5, 0.6) is 0 Å². The molecule has 65 heavy (non-hydrogen) atoms. The Morgan fingerprint density at radius 1 is 0.338 bits per heavy atom. The maximum absolute atomic E-state index is 14.8. The predicted octanol–water partition coefficient (Wildman–Crippen LogP) is 17.6. The van der Waals surface area contributed by atoms with Crippen molar-refractivity contribution in [1.82, 2.24) is 0 Å². The van der Waals surface area contributed by atoms with Gasteiger partial charge in [0.15, 0.2) is 0 Å². The molecule has 5 rings (SSSR count). The van der Waals surface area contributed by atoms with Crippen molar-refractivity contribution < 1.29 is 52.7 Å². The van der Waals surface area contributed by atoms with Gasteiger partial charge in [0.05, 0.1) is 22.3 Å². The maximum atomic E-state index is 14.8. The van der Waals surface area contributed by atoms with Gasteiger partial charge < -0.3 is 0 Å². The van der Waals surface area contributed by atoms with Gasteiger partial charge in [0.1, 0.15) is 0 Å². The lowest BCUT2D eigenvalue weighted by Gasteiger charge is -2.32. The van der Waals surface area contributed by atoms with Crippen molar-refractivity contribution in [2.75, 3.05) is 0 Å². The fraction of sp³-hybridized carbons (Fsp3) is 0.423. The normalized spacial score (nSPS) is 13.3. The number of alkyl halides is 12. The topological polar surface area (TPSA) is 0 Å². The zero-order chi connectivity index (χ0) is 49.0. The molecule has 0 aliphatic rings. The van der Waals surface area contributed by atoms with Crippen molar-refractivity contribution in [3.05, 3.63) is 134 Å². The van der Waals surface area contributed by atoms with E-state index in [9.17, 15) is 52.7 Å². The molecule has 5 aromatic rings. The number of benzene rings is 5. The third-order valence-electron chi connectivity index (χ3n) is 11.7. The summed E-state index contributed by atoms with van der Waals surface area (Å²) in [7, 11) is -3.16. The summed E-state index contributed by atoms with van der Waals surface area (Å²) < 4.78 is 178. The molecule has 0 unspecified atom stereocenters. The van der Waals surface area contributed by atoms with Crippen LogP contribution in [0.2, 0.25) is 0 Å². The Kier molecular flexibility index (Phi) is 14.9. The van der Waals surface area contributed by atoms with Crippen LogP contribution in [0.1, 0.15) is 174 Å². The Labute approximate surface area is 375 Å². The number of hydrogen-bond acceptors (Lipinski definition) is 0. The predicted molar refractivity (Wildman–Crippen MR) is 241 cm³/mol. The Hall–Kier alpha value is -4.31. The first-order valence-corrected chi connectivity index (χ1v) is 23.0. The third-order valence-corrected chi connectivity index (χ3v) is 14.2. The highest BCUT2D eigenvalue weighted by Gasteiger charge is 2.42. The second-order valence-electron chi connectivity index (χ2n) is 18.6. The van der Waals surface area contributed by atoms with E-state index in [4.69, 9.17) is 0 Å². The highest BCUT2D eigenvalue weighted by atomic mass is 31.1. The van der Waals surface area contributed by atoms with Crippen LogP contribution in [0.25, 0.3) is 22.3 Å². The maximum Gasteiger partial charge on any atom is 0.416 e. The standard InChI is InChI=1S/C52H55F12P/c1-26(2)32-16-42(28(5)6)46(43(17-32)29(7)8)40-14-13-15-41(47-44(30(9)10)18-33(27(3)4)19-45(47)31(11)12)48(40)65(38-22-34(49(53,54)55)20-35(23-38)50(56,57)58)39-24-36(51(59,60)61)21-37(25-39)52(62,63)64/h13-31H,1-12H3. The summed E-state index contributed by atoms with van der Waals surface area (Å²) in [6, 6.07) is 14.5. The van der Waals surface area contributed by atoms with Gasteiger partial charge in [0, 0.05) is 5.30 Å². The van der Waals surface area contributed by atoms with Crippen LogP contribution in [0.3, 0.4) is 0 Å². The smallest absolute Gasteiger partial charge is 0.166 e. The fourth-order valence-electron chi connectivity index (χ4n) is 8.26. The van der Waals surface area contributed by atoms with Crippen molar-refractivity contribution in [3.8, 4) is 22.3 Å². The fourth-order valence-corrected chi connectivity index (χ4v) is 11.0. The molecule has 0 amide bonds. The largest absolute Gasteiger partial charge is 0.416 e. The Bertz CT molecular complexity index is 2220. The highest BCUT2D eigenvalue weighted by molar-refractivity contribution is 7.80. The molecule has 0 N–H and O–H groups in total. The molecular weight excluding hydrogens is 884 g/mol. The van der Waals surface area contributed by atoms with Crippen molar-refractivity contribution in [2.24, 2.45) is 0 Å². The van der Waals surface area contributed by atoms with Gasteiger partial charge in [-0.1, -0.05) is 126 Å². The van der Waals surface area contributed by atoms with Crippen molar-refractivity contribution >= 4 is 23.8 Å². The molecule has 13 heteroatoms. The molecule has 0 bridgehead atoms. The van der Waals surface area contributed by atoms with Crippen LogP contribution in [0.4, 0.5) is 52.7 Å².